The van der Waals surface area contributed by atoms with Crippen molar-refractivity contribution in [3.63, 3.8) is 0 Å². The maximum atomic E-state index is 13.1. The molecule has 0 bridgehead atoms. The third-order valence-corrected chi connectivity index (χ3v) is 8.07. The molecule has 154 valence electrons. The van der Waals surface area contributed by atoms with Gasteiger partial charge in [0, 0.05) is 31.2 Å². The zero-order valence-electron chi connectivity index (χ0n) is 15.8. The first-order valence-electron chi connectivity index (χ1n) is 9.48. The summed E-state index contributed by atoms with van der Waals surface area (Å²) in [5.41, 5.74) is 0.498. The molecule has 0 spiro atoms. The summed E-state index contributed by atoms with van der Waals surface area (Å²) in [6.45, 7) is 2.86. The predicted octanol–water partition coefficient (Wildman–Crippen LogP) is 2.37. The Morgan fingerprint density at radius 2 is 1.79 bits per heavy atom. The molecule has 0 aromatic heterocycles. The van der Waals surface area contributed by atoms with Crippen LogP contribution in [0.15, 0.2) is 23.1 Å². The van der Waals surface area contributed by atoms with Crippen LogP contribution in [0.25, 0.3) is 0 Å². The van der Waals surface area contributed by atoms with Crippen molar-refractivity contribution in [1.82, 2.24) is 9.21 Å². The highest BCUT2D eigenvalue weighted by Gasteiger charge is 2.37. The van der Waals surface area contributed by atoms with Gasteiger partial charge in [0.25, 0.3) is 0 Å². The average molecular weight is 429 g/mol. The SMILES string of the molecule is Cc1c(Cl)cccc1S(=O)(=O)N1CCC[C@H](C(=O)N2CCC[C@H](C(=O)O)C2)C1. The second-order valence-electron chi connectivity index (χ2n) is 7.53. The third-order valence-electron chi connectivity index (χ3n) is 5.65. The molecule has 1 aromatic rings. The van der Waals surface area contributed by atoms with Crippen LogP contribution in [0.2, 0.25) is 5.02 Å². The van der Waals surface area contributed by atoms with E-state index in [9.17, 15) is 23.1 Å². The molecule has 2 atom stereocenters. The molecule has 2 aliphatic heterocycles. The van der Waals surface area contributed by atoms with Gasteiger partial charge in [-0.15, -0.1) is 0 Å². The number of carboxylic acids is 1. The van der Waals surface area contributed by atoms with E-state index in [-0.39, 0.29) is 23.9 Å². The lowest BCUT2D eigenvalue weighted by Crippen LogP contribution is -2.49. The molecule has 0 radical (unpaired) electrons. The van der Waals surface area contributed by atoms with Gasteiger partial charge in [0.1, 0.15) is 0 Å². The lowest BCUT2D eigenvalue weighted by Gasteiger charge is -2.37. The Morgan fingerprint density at radius 1 is 1.11 bits per heavy atom. The number of likely N-dealkylation sites (tertiary alicyclic amines) is 1. The zero-order valence-corrected chi connectivity index (χ0v) is 17.4. The molecule has 7 nitrogen and oxygen atoms in total. The Labute approximate surface area is 170 Å². The predicted molar refractivity (Wildman–Crippen MR) is 105 cm³/mol. The van der Waals surface area contributed by atoms with Gasteiger partial charge in [-0.2, -0.15) is 4.31 Å². The molecule has 0 saturated carbocycles. The van der Waals surface area contributed by atoms with Crippen molar-refractivity contribution in [2.24, 2.45) is 11.8 Å². The number of hydrogen-bond donors (Lipinski definition) is 1. The van der Waals surface area contributed by atoms with Gasteiger partial charge in [-0.05, 0) is 50.3 Å². The van der Waals surface area contributed by atoms with Gasteiger partial charge in [0.15, 0.2) is 0 Å². The maximum absolute atomic E-state index is 13.1. The van der Waals surface area contributed by atoms with Gasteiger partial charge in [-0.25, -0.2) is 8.42 Å². The van der Waals surface area contributed by atoms with Gasteiger partial charge in [-0.3, -0.25) is 9.59 Å². The van der Waals surface area contributed by atoms with E-state index in [1.165, 1.54) is 10.4 Å². The summed E-state index contributed by atoms with van der Waals surface area (Å²) in [5, 5.41) is 9.62. The Balaban J connectivity index is 1.75. The first-order valence-corrected chi connectivity index (χ1v) is 11.3. The third kappa shape index (κ3) is 4.18. The Hall–Kier alpha value is -1.64. The summed E-state index contributed by atoms with van der Waals surface area (Å²) >= 11 is 6.09. The maximum Gasteiger partial charge on any atom is 0.308 e. The summed E-state index contributed by atoms with van der Waals surface area (Å²) in [6, 6.07) is 4.78. The van der Waals surface area contributed by atoms with Gasteiger partial charge in [0.2, 0.25) is 15.9 Å². The van der Waals surface area contributed by atoms with Crippen LogP contribution >= 0.6 is 11.6 Å². The molecule has 2 saturated heterocycles. The van der Waals surface area contributed by atoms with E-state index in [4.69, 9.17) is 11.6 Å². The lowest BCUT2D eigenvalue weighted by molar-refractivity contribution is -0.147. The van der Waals surface area contributed by atoms with Crippen molar-refractivity contribution < 1.29 is 23.1 Å². The van der Waals surface area contributed by atoms with Gasteiger partial charge >= 0.3 is 5.97 Å². The van der Waals surface area contributed by atoms with Crippen LogP contribution in [0.3, 0.4) is 0 Å². The Kier molecular flexibility index (Phi) is 6.31. The van der Waals surface area contributed by atoms with Gasteiger partial charge in [-0.1, -0.05) is 17.7 Å². The number of carbonyl (C=O) groups excluding carboxylic acids is 1. The molecule has 9 heteroatoms. The van der Waals surface area contributed by atoms with Crippen LogP contribution < -0.4 is 0 Å². The number of hydrogen-bond acceptors (Lipinski definition) is 4. The fourth-order valence-corrected chi connectivity index (χ4v) is 6.01. The minimum absolute atomic E-state index is 0.112. The Morgan fingerprint density at radius 3 is 2.50 bits per heavy atom. The number of halogens is 1. The highest BCUT2D eigenvalue weighted by molar-refractivity contribution is 7.89. The minimum Gasteiger partial charge on any atom is -0.481 e. The second kappa shape index (κ2) is 8.39. The molecule has 1 aromatic carbocycles. The fourth-order valence-electron chi connectivity index (χ4n) is 4.01. The zero-order chi connectivity index (χ0) is 20.5. The molecule has 3 rings (SSSR count). The summed E-state index contributed by atoms with van der Waals surface area (Å²) in [6.07, 6.45) is 2.41. The van der Waals surface area contributed by atoms with E-state index in [0.29, 0.717) is 49.4 Å². The largest absolute Gasteiger partial charge is 0.481 e. The minimum atomic E-state index is -3.75. The first kappa shape index (κ1) is 21.1. The van der Waals surface area contributed by atoms with Crippen LogP contribution in [0.4, 0.5) is 0 Å². The number of amides is 1. The summed E-state index contributed by atoms with van der Waals surface area (Å²) in [4.78, 5) is 26.0. The Bertz CT molecular complexity index is 873. The molecule has 1 amide bonds. The monoisotopic (exact) mass is 428 g/mol. The topological polar surface area (TPSA) is 95.0 Å². The average Bonchev–Trinajstić information content (AvgIpc) is 2.69. The van der Waals surface area contributed by atoms with Crippen LogP contribution in [-0.2, 0) is 19.6 Å². The molecular formula is C19H25ClN2O5S. The number of sulfonamides is 1. The molecule has 28 heavy (non-hydrogen) atoms. The standard InChI is InChI=1S/C19H25ClN2O5S/c1-13-16(20)7-2-8-17(13)28(26,27)22-10-4-5-14(12-22)18(23)21-9-3-6-15(11-21)19(24)25/h2,7-8,14-15H,3-6,9-12H2,1H3,(H,24,25)/t14-,15-/m0/s1. The molecule has 2 fully saturated rings. The summed E-state index contributed by atoms with van der Waals surface area (Å²) in [7, 11) is -3.75. The number of nitrogens with zero attached hydrogens (tertiary/aromatic N) is 2. The number of carboxylic acid groups (broad SMARTS) is 1. The van der Waals surface area contributed by atoms with Crippen molar-refractivity contribution in [2.75, 3.05) is 26.2 Å². The van der Waals surface area contributed by atoms with Gasteiger partial charge in [0.05, 0.1) is 16.7 Å². The van der Waals surface area contributed by atoms with E-state index < -0.39 is 27.8 Å². The van der Waals surface area contributed by atoms with E-state index in [0.717, 1.165) is 0 Å². The number of carbonyl (C=O) groups is 2. The number of piperidine rings is 2. The molecular weight excluding hydrogens is 404 g/mol. The number of aliphatic carboxylic acids is 1. The highest BCUT2D eigenvalue weighted by Crippen LogP contribution is 2.30. The van der Waals surface area contributed by atoms with Crippen LogP contribution in [0, 0.1) is 18.8 Å². The number of rotatable bonds is 4. The van der Waals surface area contributed by atoms with Crippen molar-refractivity contribution in [3.8, 4) is 0 Å². The first-order chi connectivity index (χ1) is 13.2. The highest BCUT2D eigenvalue weighted by atomic mass is 35.5. The van der Waals surface area contributed by atoms with E-state index in [1.807, 2.05) is 0 Å². The van der Waals surface area contributed by atoms with Crippen molar-refractivity contribution in [3.05, 3.63) is 28.8 Å². The van der Waals surface area contributed by atoms with Crippen LogP contribution in [0.1, 0.15) is 31.2 Å². The second-order valence-corrected chi connectivity index (χ2v) is 9.84. The molecule has 2 aliphatic rings. The molecule has 0 aliphatic carbocycles. The smallest absolute Gasteiger partial charge is 0.308 e. The van der Waals surface area contributed by atoms with Crippen LogP contribution in [0.5, 0.6) is 0 Å². The number of benzene rings is 1. The normalized spacial score (nSPS) is 24.1. The summed E-state index contributed by atoms with van der Waals surface area (Å²) in [5.74, 6) is -2.03. The molecule has 2 heterocycles. The lowest BCUT2D eigenvalue weighted by atomic mass is 9.94. The van der Waals surface area contributed by atoms with Crippen LogP contribution in [-0.4, -0.2) is 60.8 Å². The van der Waals surface area contributed by atoms with Gasteiger partial charge < -0.3 is 10.0 Å². The quantitative estimate of drug-likeness (QED) is 0.794. The van der Waals surface area contributed by atoms with E-state index >= 15 is 0 Å². The van der Waals surface area contributed by atoms with E-state index in [1.54, 1.807) is 24.0 Å². The van der Waals surface area contributed by atoms with Crippen molar-refractivity contribution >= 4 is 33.5 Å². The van der Waals surface area contributed by atoms with Crippen molar-refractivity contribution in [1.29, 1.82) is 0 Å². The van der Waals surface area contributed by atoms with Crippen molar-refractivity contribution in [2.45, 2.75) is 37.5 Å². The fraction of sp³-hybridized carbons (Fsp3) is 0.579. The summed E-state index contributed by atoms with van der Waals surface area (Å²) < 4.78 is 27.6. The molecule has 0 unspecified atom stereocenters. The molecule has 1 N–H and O–H groups in total. The van der Waals surface area contributed by atoms with E-state index in [2.05, 4.69) is 0 Å².